The fraction of sp³-hybridized carbons (Fsp3) is 0.571. The molecule has 310 valence electrons. The maximum Gasteiger partial charge on any atom is 0.350 e. The molecule has 4 atom stereocenters. The number of H-pyrrole nitrogens is 1. The fourth-order valence-electron chi connectivity index (χ4n) is 10.3. The molecule has 4 heterocycles. The van der Waals surface area contributed by atoms with Crippen LogP contribution in [0.4, 0.5) is 20.2 Å². The van der Waals surface area contributed by atoms with Crippen LogP contribution in [0, 0.1) is 59.0 Å². The molecule has 15 nitrogen and oxygen atoms in total. The summed E-state index contributed by atoms with van der Waals surface area (Å²) in [6, 6.07) is 7.63. The number of benzene rings is 2. The number of nitrogens with one attached hydrogen (secondary N) is 3. The first-order valence-corrected chi connectivity index (χ1v) is 20.8. The first kappa shape index (κ1) is 39.0. The molecule has 2 aromatic carbocycles. The Bertz CT molecular complexity index is 2740. The minimum Gasteiger partial charge on any atom is -0.368 e. The van der Waals surface area contributed by atoms with Crippen molar-refractivity contribution in [1.29, 1.82) is 10.5 Å². The van der Waals surface area contributed by atoms with Crippen LogP contribution in [0.1, 0.15) is 87.4 Å². The zero-order valence-corrected chi connectivity index (χ0v) is 33.4. The van der Waals surface area contributed by atoms with Gasteiger partial charge >= 0.3 is 11.4 Å². The molecule has 4 aliphatic carbocycles. The Morgan fingerprint density at radius 2 is 1.25 bits per heavy atom. The third-order valence-corrected chi connectivity index (χ3v) is 13.8. The van der Waals surface area contributed by atoms with Gasteiger partial charge in [0.05, 0.1) is 45.3 Å². The van der Waals surface area contributed by atoms with E-state index in [9.17, 15) is 19.2 Å². The summed E-state index contributed by atoms with van der Waals surface area (Å²) < 4.78 is 34.2. The number of aryl methyl sites for hydroxylation is 2. The monoisotopic (exact) mass is 809 g/mol. The van der Waals surface area contributed by atoms with E-state index in [1.165, 1.54) is 12.1 Å². The predicted octanol–water partition coefficient (Wildman–Crippen LogP) is 3.08. The molecule has 6 aliphatic rings. The third-order valence-electron chi connectivity index (χ3n) is 13.8. The Hall–Kier alpha value is -5.52. The first-order chi connectivity index (χ1) is 28.3. The van der Waals surface area contributed by atoms with Crippen LogP contribution in [0.15, 0.2) is 31.3 Å². The van der Waals surface area contributed by atoms with E-state index >= 15 is 8.78 Å². The molecule has 17 heteroatoms. The number of rotatable bonds is 10. The molecule has 10 rings (SSSR count). The number of aromatic amines is 1. The van der Waals surface area contributed by atoms with E-state index in [0.717, 1.165) is 77.5 Å². The van der Waals surface area contributed by atoms with Gasteiger partial charge in [-0.15, -0.1) is 0 Å². The van der Waals surface area contributed by atoms with Crippen molar-refractivity contribution in [3.8, 4) is 12.1 Å². The number of nitrogens with two attached hydrogens (primary N) is 1. The lowest BCUT2D eigenvalue weighted by atomic mass is 10.1. The number of hydrogen-bond donors (Lipinski definition) is 4. The summed E-state index contributed by atoms with van der Waals surface area (Å²) >= 11 is 0. The van der Waals surface area contributed by atoms with Crippen molar-refractivity contribution in [2.24, 2.45) is 10.8 Å². The first-order valence-electron chi connectivity index (χ1n) is 20.8. The van der Waals surface area contributed by atoms with Crippen LogP contribution in [0.3, 0.4) is 0 Å². The van der Waals surface area contributed by atoms with Gasteiger partial charge in [-0.1, -0.05) is 0 Å². The standard InChI is InChI=1S/C21H25FN6O2.C21H24FN5O2/c1-12-17-14(19(29)28(24)20(30)27(17)13-3-4-13)9-15(22)18(12)26-8-5-21(11-26)10-16(21)25-7-2-6-23;1-12-17-14(19(28)25-20(29)27(17)13-3-4-13)9-15(22)18(12)26-8-5-21(11-26)10-16(21)24-7-2-6-23/h9,13,16,25H,2-5,7-8,10-11,24H2,1H3;9,13,16,24H,2-5,7-8,10-11H2,1H3,(H,25,28,29). The van der Waals surface area contributed by atoms with Gasteiger partial charge in [-0.05, 0) is 77.3 Å². The zero-order chi connectivity index (χ0) is 41.5. The molecule has 2 aromatic heterocycles. The van der Waals surface area contributed by atoms with Crippen LogP contribution < -0.4 is 48.8 Å². The summed E-state index contributed by atoms with van der Waals surface area (Å²) in [5, 5.41) is 24.7. The molecule has 4 saturated carbocycles. The maximum absolute atomic E-state index is 15.2. The minimum atomic E-state index is -0.665. The Morgan fingerprint density at radius 3 is 1.75 bits per heavy atom. The molecule has 4 unspecified atom stereocenters. The molecule has 4 aromatic rings. The normalized spacial score (nSPS) is 25.5. The smallest absolute Gasteiger partial charge is 0.350 e. The van der Waals surface area contributed by atoms with Crippen LogP contribution in [0.25, 0.3) is 21.8 Å². The summed E-state index contributed by atoms with van der Waals surface area (Å²) in [6.45, 7) is 7.91. The number of anilines is 2. The van der Waals surface area contributed by atoms with E-state index in [0.29, 0.717) is 76.2 Å². The number of fused-ring (bicyclic) bond motifs is 2. The summed E-state index contributed by atoms with van der Waals surface area (Å²) in [4.78, 5) is 56.5. The Balaban J connectivity index is 0.000000152. The topological polar surface area (TPSA) is 203 Å². The zero-order valence-electron chi connectivity index (χ0n) is 33.4. The highest BCUT2D eigenvalue weighted by Crippen LogP contribution is 2.55. The lowest BCUT2D eigenvalue weighted by Gasteiger charge is -2.24. The molecule has 2 aliphatic heterocycles. The summed E-state index contributed by atoms with van der Waals surface area (Å²) in [5.41, 5.74) is 1.45. The highest BCUT2D eigenvalue weighted by atomic mass is 19.1. The number of nitrogen functional groups attached to an aromatic ring is 1. The molecule has 6 fully saturated rings. The van der Waals surface area contributed by atoms with Gasteiger partial charge in [-0.25, -0.2) is 18.4 Å². The molecule has 59 heavy (non-hydrogen) atoms. The van der Waals surface area contributed by atoms with Crippen LogP contribution in [-0.2, 0) is 0 Å². The van der Waals surface area contributed by atoms with Gasteiger partial charge in [-0.3, -0.25) is 23.7 Å². The molecule has 0 bridgehead atoms. The predicted molar refractivity (Wildman–Crippen MR) is 219 cm³/mol. The molecule has 0 radical (unpaired) electrons. The van der Waals surface area contributed by atoms with Crippen LogP contribution >= 0.6 is 0 Å². The molecule has 2 saturated heterocycles. The molecule has 5 N–H and O–H groups in total. The average molecular weight is 810 g/mol. The van der Waals surface area contributed by atoms with Gasteiger partial charge < -0.3 is 26.3 Å². The van der Waals surface area contributed by atoms with Crippen molar-refractivity contribution in [3.05, 3.63) is 76.6 Å². The Morgan fingerprint density at radius 1 is 0.780 bits per heavy atom. The van der Waals surface area contributed by atoms with Gasteiger partial charge in [-0.2, -0.15) is 15.2 Å². The second kappa shape index (κ2) is 14.3. The average Bonchev–Trinajstić information content (AvgIpc) is 4.07. The summed E-state index contributed by atoms with van der Waals surface area (Å²) in [6.07, 6.45) is 8.45. The minimum absolute atomic E-state index is 0.00878. The summed E-state index contributed by atoms with van der Waals surface area (Å²) in [7, 11) is 0. The van der Waals surface area contributed by atoms with E-state index < -0.39 is 34.1 Å². The number of hydrogen-bond acceptors (Lipinski definition) is 11. The highest BCUT2D eigenvalue weighted by molar-refractivity contribution is 5.88. The van der Waals surface area contributed by atoms with E-state index in [1.807, 2.05) is 11.8 Å². The lowest BCUT2D eigenvalue weighted by Crippen LogP contribution is -2.44. The summed E-state index contributed by atoms with van der Waals surface area (Å²) in [5.74, 6) is 4.83. The Labute approximate surface area is 338 Å². The van der Waals surface area contributed by atoms with Crippen molar-refractivity contribution in [1.82, 2.24) is 29.4 Å². The quantitative estimate of drug-likeness (QED) is 0.136. The molecular weight excluding hydrogens is 761 g/mol. The molecule has 2 spiro atoms. The maximum atomic E-state index is 15.2. The second-order valence-electron chi connectivity index (χ2n) is 17.7. The second-order valence-corrected chi connectivity index (χ2v) is 17.7. The third kappa shape index (κ3) is 6.59. The van der Waals surface area contributed by atoms with E-state index in [1.54, 1.807) is 16.1 Å². The lowest BCUT2D eigenvalue weighted by molar-refractivity contribution is 0.503. The largest absolute Gasteiger partial charge is 0.368 e. The number of halogens is 2. The fourth-order valence-corrected chi connectivity index (χ4v) is 10.3. The highest BCUT2D eigenvalue weighted by Gasteiger charge is 2.58. The van der Waals surface area contributed by atoms with Crippen LogP contribution in [0.5, 0.6) is 0 Å². The SMILES string of the molecule is Cc1c(N2CCC3(CC3NCCC#N)C2)c(F)cc2c(=O)[nH]c(=O)n(C3CC3)c12.Cc1c(N2CCC3(CC3NCCC#N)C2)c(F)cc2c(=O)n(N)c(=O)n(C3CC3)c12. The molecular formula is C42H49F2N11O4. The van der Waals surface area contributed by atoms with Gasteiger partial charge in [0.15, 0.2) is 0 Å². The van der Waals surface area contributed by atoms with E-state index in [-0.39, 0.29) is 33.7 Å². The van der Waals surface area contributed by atoms with Crippen molar-refractivity contribution in [2.45, 2.75) is 102 Å². The van der Waals surface area contributed by atoms with Crippen LogP contribution in [0.2, 0.25) is 0 Å². The van der Waals surface area contributed by atoms with Crippen molar-refractivity contribution in [2.75, 3.05) is 54.9 Å². The van der Waals surface area contributed by atoms with Gasteiger partial charge in [0.1, 0.15) is 11.6 Å². The van der Waals surface area contributed by atoms with E-state index in [4.69, 9.17) is 16.4 Å². The van der Waals surface area contributed by atoms with Crippen LogP contribution in [-0.4, -0.2) is 70.1 Å². The number of nitrogens with zero attached hydrogens (tertiary/aromatic N) is 7. The van der Waals surface area contributed by atoms with Gasteiger partial charge in [0.2, 0.25) is 0 Å². The number of aromatic nitrogens is 4. The Kier molecular flexibility index (Phi) is 9.47. The van der Waals surface area contributed by atoms with Gasteiger partial charge in [0, 0.05) is 98.2 Å². The van der Waals surface area contributed by atoms with Gasteiger partial charge in [0.25, 0.3) is 11.1 Å². The van der Waals surface area contributed by atoms with Crippen molar-refractivity contribution >= 4 is 33.2 Å². The van der Waals surface area contributed by atoms with Crippen molar-refractivity contribution < 1.29 is 8.78 Å². The molecule has 0 amide bonds. The van der Waals surface area contributed by atoms with Crippen molar-refractivity contribution in [3.63, 3.8) is 0 Å². The number of nitriles is 2. The van der Waals surface area contributed by atoms with E-state index in [2.05, 4.69) is 32.7 Å².